The average Bonchev–Trinajstić information content (AvgIpc) is 2.26. The molecule has 1 saturated heterocycles. The Labute approximate surface area is 76.7 Å². The first kappa shape index (κ1) is 10.3. The summed E-state index contributed by atoms with van der Waals surface area (Å²) in [4.78, 5) is 12.4. The highest BCUT2D eigenvalue weighted by molar-refractivity contribution is 7.89. The van der Waals surface area contributed by atoms with Crippen LogP contribution in [0.1, 0.15) is 6.92 Å². The molecule has 1 atom stereocenters. The molecular formula is C6H12N2O4S. The molecule has 0 aromatic heterocycles. The highest BCUT2D eigenvalue weighted by Crippen LogP contribution is 2.11. The molecule has 0 saturated carbocycles. The molecule has 1 unspecified atom stereocenters. The van der Waals surface area contributed by atoms with E-state index in [2.05, 4.69) is 0 Å². The number of nitrogens with zero attached hydrogens (tertiary/aromatic N) is 1. The Bertz CT molecular complexity index is 300. The lowest BCUT2D eigenvalue weighted by Gasteiger charge is -2.07. The second-order valence-corrected chi connectivity index (χ2v) is 4.53. The van der Waals surface area contributed by atoms with Gasteiger partial charge in [-0.1, -0.05) is 0 Å². The molecule has 0 aromatic rings. The van der Waals surface area contributed by atoms with E-state index in [1.807, 2.05) is 0 Å². The number of ether oxygens (including phenoxy) is 1. The summed E-state index contributed by atoms with van der Waals surface area (Å²) in [5, 5.41) is 4.81. The van der Waals surface area contributed by atoms with Crippen LogP contribution in [0.2, 0.25) is 0 Å². The first-order valence-electron chi connectivity index (χ1n) is 3.88. The molecule has 0 bridgehead atoms. The van der Waals surface area contributed by atoms with Gasteiger partial charge in [0.05, 0.1) is 6.54 Å². The molecule has 1 amide bonds. The molecule has 7 heteroatoms. The summed E-state index contributed by atoms with van der Waals surface area (Å²) in [6, 6.07) is 0. The van der Waals surface area contributed by atoms with Crippen LogP contribution in [0.15, 0.2) is 0 Å². The molecular weight excluding hydrogens is 196 g/mol. The summed E-state index contributed by atoms with van der Waals surface area (Å²) in [6.45, 7) is 2.60. The van der Waals surface area contributed by atoms with E-state index < -0.39 is 22.2 Å². The summed E-state index contributed by atoms with van der Waals surface area (Å²) < 4.78 is 26.1. The van der Waals surface area contributed by atoms with Gasteiger partial charge in [0.2, 0.25) is 10.0 Å². The maximum Gasteiger partial charge on any atom is 0.410 e. The molecule has 1 aliphatic rings. The Hall–Kier alpha value is -0.820. The lowest BCUT2D eigenvalue weighted by atomic mass is 10.4. The lowest BCUT2D eigenvalue weighted by Crippen LogP contribution is -2.30. The molecule has 76 valence electrons. The molecule has 2 N–H and O–H groups in total. The average molecular weight is 208 g/mol. The van der Waals surface area contributed by atoms with Crippen LogP contribution in [0.25, 0.3) is 0 Å². The van der Waals surface area contributed by atoms with Crippen molar-refractivity contribution in [3.63, 3.8) is 0 Å². The Morgan fingerprint density at radius 2 is 2.31 bits per heavy atom. The van der Waals surface area contributed by atoms with Crippen molar-refractivity contribution >= 4 is 16.1 Å². The molecule has 1 heterocycles. The smallest absolute Gasteiger partial charge is 0.410 e. The zero-order valence-electron chi connectivity index (χ0n) is 7.26. The van der Waals surface area contributed by atoms with E-state index in [0.29, 0.717) is 13.1 Å². The fraction of sp³-hybridized carbons (Fsp3) is 0.833. The van der Waals surface area contributed by atoms with Crippen molar-refractivity contribution in [2.75, 3.05) is 18.8 Å². The van der Waals surface area contributed by atoms with Crippen LogP contribution in [0.3, 0.4) is 0 Å². The van der Waals surface area contributed by atoms with E-state index in [0.717, 1.165) is 0 Å². The van der Waals surface area contributed by atoms with Gasteiger partial charge in [-0.25, -0.2) is 18.4 Å². The number of sulfonamides is 1. The molecule has 0 aliphatic carbocycles. The van der Waals surface area contributed by atoms with Gasteiger partial charge >= 0.3 is 6.09 Å². The number of nitrogens with two attached hydrogens (primary N) is 1. The van der Waals surface area contributed by atoms with Crippen molar-refractivity contribution < 1.29 is 17.9 Å². The highest BCUT2D eigenvalue weighted by atomic mass is 32.2. The number of primary sulfonamides is 1. The number of likely N-dealkylation sites (N-methyl/N-ethyl adjacent to an activating group) is 1. The molecule has 0 radical (unpaired) electrons. The highest BCUT2D eigenvalue weighted by Gasteiger charge is 2.32. The minimum absolute atomic E-state index is 0.297. The van der Waals surface area contributed by atoms with Gasteiger partial charge < -0.3 is 9.64 Å². The van der Waals surface area contributed by atoms with E-state index in [1.165, 1.54) is 4.90 Å². The zero-order valence-corrected chi connectivity index (χ0v) is 8.08. The third-order valence-corrected chi connectivity index (χ3v) is 2.59. The second kappa shape index (κ2) is 3.51. The first-order chi connectivity index (χ1) is 5.92. The van der Waals surface area contributed by atoms with Crippen molar-refractivity contribution in [2.24, 2.45) is 5.14 Å². The van der Waals surface area contributed by atoms with E-state index in [1.54, 1.807) is 6.92 Å². The van der Waals surface area contributed by atoms with Crippen LogP contribution in [0, 0.1) is 0 Å². The number of rotatable bonds is 3. The van der Waals surface area contributed by atoms with Crippen LogP contribution >= 0.6 is 0 Å². The van der Waals surface area contributed by atoms with Crippen LogP contribution in [-0.2, 0) is 14.8 Å². The van der Waals surface area contributed by atoms with Crippen molar-refractivity contribution in [1.82, 2.24) is 4.90 Å². The van der Waals surface area contributed by atoms with E-state index in [-0.39, 0.29) is 5.75 Å². The lowest BCUT2D eigenvalue weighted by molar-refractivity contribution is 0.140. The number of amides is 1. The molecule has 0 aromatic carbocycles. The third-order valence-electron chi connectivity index (χ3n) is 1.75. The zero-order chi connectivity index (χ0) is 10.1. The van der Waals surface area contributed by atoms with E-state index in [9.17, 15) is 13.2 Å². The molecule has 1 rings (SSSR count). The van der Waals surface area contributed by atoms with Gasteiger partial charge in [0.1, 0.15) is 11.9 Å². The summed E-state index contributed by atoms with van der Waals surface area (Å²) >= 11 is 0. The summed E-state index contributed by atoms with van der Waals surface area (Å²) in [7, 11) is -3.57. The Morgan fingerprint density at radius 3 is 2.69 bits per heavy atom. The SMILES string of the molecule is CCN1CC(CS(N)(=O)=O)OC1=O. The molecule has 0 spiro atoms. The Kier molecular flexibility index (Phi) is 2.77. The molecule has 1 aliphatic heterocycles. The number of carbonyl (C=O) groups is 1. The van der Waals surface area contributed by atoms with Crippen molar-refractivity contribution in [1.29, 1.82) is 0 Å². The quantitative estimate of drug-likeness (QED) is 0.651. The van der Waals surface area contributed by atoms with E-state index in [4.69, 9.17) is 9.88 Å². The van der Waals surface area contributed by atoms with Crippen molar-refractivity contribution in [2.45, 2.75) is 13.0 Å². The maximum atomic E-state index is 11.0. The standard InChI is InChI=1S/C6H12N2O4S/c1-2-8-3-5(12-6(8)9)4-13(7,10)11/h5H,2-4H2,1H3,(H2,7,10,11). The maximum absolute atomic E-state index is 11.0. The first-order valence-corrected chi connectivity index (χ1v) is 5.60. The third kappa shape index (κ3) is 2.85. The van der Waals surface area contributed by atoms with Gasteiger partial charge in [0, 0.05) is 6.54 Å². The van der Waals surface area contributed by atoms with Gasteiger partial charge in [-0.3, -0.25) is 0 Å². The van der Waals surface area contributed by atoms with Crippen LogP contribution in [0.5, 0.6) is 0 Å². The monoisotopic (exact) mass is 208 g/mol. The minimum atomic E-state index is -3.57. The minimum Gasteiger partial charge on any atom is -0.443 e. The van der Waals surface area contributed by atoms with Gasteiger partial charge in [-0.2, -0.15) is 0 Å². The Morgan fingerprint density at radius 1 is 1.69 bits per heavy atom. The Balaban J connectivity index is 2.54. The van der Waals surface area contributed by atoms with Crippen LogP contribution in [-0.4, -0.2) is 44.4 Å². The normalized spacial score (nSPS) is 23.4. The second-order valence-electron chi connectivity index (χ2n) is 2.87. The summed E-state index contributed by atoms with van der Waals surface area (Å²) in [5.74, 6) is -0.310. The van der Waals surface area contributed by atoms with Gasteiger partial charge in [-0.15, -0.1) is 0 Å². The predicted octanol–water partition coefficient (Wildman–Crippen LogP) is -0.884. The van der Waals surface area contributed by atoms with Crippen LogP contribution < -0.4 is 5.14 Å². The van der Waals surface area contributed by atoms with Crippen molar-refractivity contribution in [3.05, 3.63) is 0 Å². The fourth-order valence-electron chi connectivity index (χ4n) is 1.18. The summed E-state index contributed by atoms with van der Waals surface area (Å²) in [6.07, 6.45) is -1.10. The molecule has 13 heavy (non-hydrogen) atoms. The number of carbonyl (C=O) groups excluding carboxylic acids is 1. The van der Waals surface area contributed by atoms with Gasteiger partial charge in [0.15, 0.2) is 0 Å². The van der Waals surface area contributed by atoms with Crippen molar-refractivity contribution in [3.8, 4) is 0 Å². The number of hydrogen-bond acceptors (Lipinski definition) is 4. The van der Waals surface area contributed by atoms with Gasteiger partial charge in [-0.05, 0) is 6.92 Å². The predicted molar refractivity (Wildman–Crippen MR) is 45.5 cm³/mol. The largest absolute Gasteiger partial charge is 0.443 e. The molecule has 1 fully saturated rings. The van der Waals surface area contributed by atoms with Crippen LogP contribution in [0.4, 0.5) is 4.79 Å². The van der Waals surface area contributed by atoms with E-state index >= 15 is 0 Å². The summed E-state index contributed by atoms with van der Waals surface area (Å²) in [5.41, 5.74) is 0. The van der Waals surface area contributed by atoms with Gasteiger partial charge in [0.25, 0.3) is 0 Å². The topological polar surface area (TPSA) is 89.7 Å². The number of hydrogen-bond donors (Lipinski definition) is 1. The fourth-order valence-corrected chi connectivity index (χ4v) is 1.87. The molecule has 6 nitrogen and oxygen atoms in total. The number of cyclic esters (lactones) is 1.